The van der Waals surface area contributed by atoms with Gasteiger partial charge in [-0.25, -0.2) is 8.78 Å². The first-order valence-corrected chi connectivity index (χ1v) is 10.5. The maximum absolute atomic E-state index is 13.4. The summed E-state index contributed by atoms with van der Waals surface area (Å²) >= 11 is 1.22. The van der Waals surface area contributed by atoms with Gasteiger partial charge in [0, 0.05) is 17.8 Å². The average Bonchev–Trinajstić information content (AvgIpc) is 3.22. The predicted octanol–water partition coefficient (Wildman–Crippen LogP) is 4.62. The number of carbonyl (C=O) groups excluding carboxylic acids is 1. The van der Waals surface area contributed by atoms with Crippen LogP contribution in [-0.2, 0) is 11.3 Å². The molecule has 4 rings (SSSR count). The van der Waals surface area contributed by atoms with Gasteiger partial charge in [0.05, 0.1) is 5.75 Å². The molecule has 8 heteroatoms. The molecule has 1 N–H and O–H groups in total. The average molecular weight is 436 g/mol. The van der Waals surface area contributed by atoms with Gasteiger partial charge in [0.1, 0.15) is 11.6 Å². The topological polar surface area (TPSA) is 59.8 Å². The smallest absolute Gasteiger partial charge is 0.230 e. The van der Waals surface area contributed by atoms with E-state index in [0.717, 1.165) is 5.56 Å². The molecule has 0 atom stereocenters. The van der Waals surface area contributed by atoms with Crippen LogP contribution >= 0.6 is 11.8 Å². The van der Waals surface area contributed by atoms with Gasteiger partial charge in [-0.2, -0.15) is 0 Å². The van der Waals surface area contributed by atoms with Crippen molar-refractivity contribution in [3.8, 4) is 17.1 Å². The molecule has 1 amide bonds. The molecule has 0 saturated heterocycles. The molecule has 1 heterocycles. The Morgan fingerprint density at radius 2 is 1.52 bits per heavy atom. The van der Waals surface area contributed by atoms with Crippen LogP contribution in [0.4, 0.5) is 8.78 Å². The van der Waals surface area contributed by atoms with E-state index in [1.807, 2.05) is 30.3 Å². The summed E-state index contributed by atoms with van der Waals surface area (Å²) in [5, 5.41) is 11.8. The van der Waals surface area contributed by atoms with Crippen LogP contribution in [-0.4, -0.2) is 26.4 Å². The van der Waals surface area contributed by atoms with Crippen LogP contribution in [0.15, 0.2) is 84.0 Å². The molecular weight excluding hydrogens is 418 g/mol. The van der Waals surface area contributed by atoms with Crippen molar-refractivity contribution < 1.29 is 13.6 Å². The monoisotopic (exact) mass is 436 g/mol. The van der Waals surface area contributed by atoms with Crippen molar-refractivity contribution in [2.75, 3.05) is 5.75 Å². The van der Waals surface area contributed by atoms with Crippen LogP contribution in [0.25, 0.3) is 17.1 Å². The fraction of sp³-hybridized carbons (Fsp3) is 0.0870. The minimum Gasteiger partial charge on any atom is -0.351 e. The minimum atomic E-state index is -0.366. The van der Waals surface area contributed by atoms with E-state index in [4.69, 9.17) is 0 Å². The van der Waals surface area contributed by atoms with Gasteiger partial charge in [0.2, 0.25) is 5.91 Å². The molecule has 0 bridgehead atoms. The third-order valence-electron chi connectivity index (χ3n) is 4.49. The molecule has 156 valence electrons. The number of nitrogens with one attached hydrogen (secondary N) is 1. The van der Waals surface area contributed by atoms with E-state index in [1.54, 1.807) is 28.8 Å². The summed E-state index contributed by atoms with van der Waals surface area (Å²) in [6, 6.07) is 21.4. The Labute approximate surface area is 182 Å². The van der Waals surface area contributed by atoms with Crippen molar-refractivity contribution in [3.63, 3.8) is 0 Å². The van der Waals surface area contributed by atoms with E-state index in [-0.39, 0.29) is 23.3 Å². The number of nitrogens with zero attached hydrogens (tertiary/aromatic N) is 3. The normalized spacial score (nSPS) is 10.8. The second-order valence-electron chi connectivity index (χ2n) is 6.68. The highest BCUT2D eigenvalue weighted by atomic mass is 32.2. The second kappa shape index (κ2) is 9.53. The molecular formula is C23H18F2N4OS. The van der Waals surface area contributed by atoms with Gasteiger partial charge >= 0.3 is 0 Å². The van der Waals surface area contributed by atoms with Crippen LogP contribution in [0, 0.1) is 11.6 Å². The highest BCUT2D eigenvalue weighted by Gasteiger charge is 2.17. The Kier molecular flexibility index (Phi) is 6.37. The number of benzene rings is 3. The first-order chi connectivity index (χ1) is 15.1. The van der Waals surface area contributed by atoms with Gasteiger partial charge < -0.3 is 5.32 Å². The SMILES string of the molecule is O=C(CSc1nnc(-c2ccc(F)cc2)n1-c1ccc(F)cc1)NCc1ccccc1. The van der Waals surface area contributed by atoms with Crippen LogP contribution < -0.4 is 5.32 Å². The second-order valence-corrected chi connectivity index (χ2v) is 7.62. The van der Waals surface area contributed by atoms with Gasteiger partial charge in [-0.15, -0.1) is 10.2 Å². The molecule has 0 fully saturated rings. The first kappa shape index (κ1) is 20.7. The van der Waals surface area contributed by atoms with Crippen molar-refractivity contribution in [1.82, 2.24) is 20.1 Å². The number of hydrogen-bond donors (Lipinski definition) is 1. The molecule has 0 unspecified atom stereocenters. The lowest BCUT2D eigenvalue weighted by Crippen LogP contribution is -2.24. The van der Waals surface area contributed by atoms with Gasteiger partial charge in [-0.3, -0.25) is 9.36 Å². The van der Waals surface area contributed by atoms with E-state index in [2.05, 4.69) is 15.5 Å². The minimum absolute atomic E-state index is 0.135. The fourth-order valence-electron chi connectivity index (χ4n) is 2.95. The highest BCUT2D eigenvalue weighted by molar-refractivity contribution is 7.99. The lowest BCUT2D eigenvalue weighted by atomic mass is 10.2. The first-order valence-electron chi connectivity index (χ1n) is 9.51. The lowest BCUT2D eigenvalue weighted by Gasteiger charge is -2.11. The Morgan fingerprint density at radius 1 is 0.871 bits per heavy atom. The van der Waals surface area contributed by atoms with Crippen molar-refractivity contribution in [1.29, 1.82) is 0 Å². The molecule has 0 aliphatic carbocycles. The van der Waals surface area contributed by atoms with Gasteiger partial charge in [0.15, 0.2) is 11.0 Å². The zero-order valence-corrected chi connectivity index (χ0v) is 17.2. The Bertz CT molecular complexity index is 1160. The zero-order valence-electron chi connectivity index (χ0n) is 16.3. The van der Waals surface area contributed by atoms with E-state index in [0.29, 0.717) is 28.8 Å². The van der Waals surface area contributed by atoms with Crippen LogP contribution in [0.2, 0.25) is 0 Å². The van der Waals surface area contributed by atoms with Gasteiger partial charge in [0.25, 0.3) is 0 Å². The summed E-state index contributed by atoms with van der Waals surface area (Å²) in [6.45, 7) is 0.436. The maximum Gasteiger partial charge on any atom is 0.230 e. The number of carbonyl (C=O) groups is 1. The number of hydrogen-bond acceptors (Lipinski definition) is 4. The van der Waals surface area contributed by atoms with Crippen molar-refractivity contribution in [2.24, 2.45) is 0 Å². The summed E-state index contributed by atoms with van der Waals surface area (Å²) in [6.07, 6.45) is 0. The van der Waals surface area contributed by atoms with E-state index in [9.17, 15) is 13.6 Å². The molecule has 31 heavy (non-hydrogen) atoms. The number of aromatic nitrogens is 3. The number of halogens is 2. The number of rotatable bonds is 7. The van der Waals surface area contributed by atoms with Crippen LogP contribution in [0.1, 0.15) is 5.56 Å². The Balaban J connectivity index is 1.55. The van der Waals surface area contributed by atoms with Gasteiger partial charge in [-0.1, -0.05) is 42.1 Å². The van der Waals surface area contributed by atoms with Crippen LogP contribution in [0.5, 0.6) is 0 Å². The molecule has 5 nitrogen and oxygen atoms in total. The molecule has 0 aliphatic rings. The third kappa shape index (κ3) is 5.16. The molecule has 0 radical (unpaired) electrons. The third-order valence-corrected chi connectivity index (χ3v) is 5.41. The largest absolute Gasteiger partial charge is 0.351 e. The quantitative estimate of drug-likeness (QED) is 0.430. The molecule has 1 aromatic heterocycles. The predicted molar refractivity (Wildman–Crippen MR) is 116 cm³/mol. The standard InChI is InChI=1S/C23H18F2N4OS/c24-18-8-6-17(7-9-18)22-27-28-23(29(22)20-12-10-19(25)11-13-20)31-15-21(30)26-14-16-4-2-1-3-5-16/h1-13H,14-15H2,(H,26,30). The number of amides is 1. The highest BCUT2D eigenvalue weighted by Crippen LogP contribution is 2.28. The fourth-order valence-corrected chi connectivity index (χ4v) is 3.73. The summed E-state index contributed by atoms with van der Waals surface area (Å²) in [7, 11) is 0. The molecule has 0 spiro atoms. The lowest BCUT2D eigenvalue weighted by molar-refractivity contribution is -0.118. The molecule has 4 aromatic rings. The molecule has 0 saturated carbocycles. The summed E-state index contributed by atoms with van der Waals surface area (Å²) in [5.74, 6) is -0.268. The zero-order chi connectivity index (χ0) is 21.6. The van der Waals surface area contributed by atoms with Crippen molar-refractivity contribution >= 4 is 17.7 Å². The van der Waals surface area contributed by atoms with E-state index >= 15 is 0 Å². The van der Waals surface area contributed by atoms with Crippen molar-refractivity contribution in [3.05, 3.63) is 96.1 Å². The maximum atomic E-state index is 13.4. The molecule has 3 aromatic carbocycles. The van der Waals surface area contributed by atoms with E-state index in [1.165, 1.54) is 36.0 Å². The molecule has 0 aliphatic heterocycles. The van der Waals surface area contributed by atoms with Gasteiger partial charge in [-0.05, 0) is 54.1 Å². The Hall–Kier alpha value is -3.52. The summed E-state index contributed by atoms with van der Waals surface area (Å²) in [4.78, 5) is 12.3. The van der Waals surface area contributed by atoms with E-state index < -0.39 is 0 Å². The van der Waals surface area contributed by atoms with Crippen LogP contribution in [0.3, 0.4) is 0 Å². The number of thioether (sulfide) groups is 1. The van der Waals surface area contributed by atoms with Crippen molar-refractivity contribution in [2.45, 2.75) is 11.7 Å². The summed E-state index contributed by atoms with van der Waals surface area (Å²) in [5.41, 5.74) is 2.30. The Morgan fingerprint density at radius 3 is 2.19 bits per heavy atom. The summed E-state index contributed by atoms with van der Waals surface area (Å²) < 4.78 is 28.5.